The molecule has 0 radical (unpaired) electrons. The quantitative estimate of drug-likeness (QED) is 0.596. The summed E-state index contributed by atoms with van der Waals surface area (Å²) in [7, 11) is 0. The third-order valence-corrected chi connectivity index (χ3v) is 4.71. The topological polar surface area (TPSA) is 75.9 Å². The van der Waals surface area contributed by atoms with Crippen LogP contribution in [-0.2, 0) is 0 Å². The van der Waals surface area contributed by atoms with Gasteiger partial charge in [0.05, 0.1) is 5.39 Å². The summed E-state index contributed by atoms with van der Waals surface area (Å²) in [5, 5.41) is 6.75. The normalized spacial score (nSPS) is 17.6. The Morgan fingerprint density at radius 1 is 1.10 bits per heavy atom. The maximum Gasteiger partial charge on any atom is 0.240 e. The predicted molar refractivity (Wildman–Crippen MR) is 85.0 cm³/mol. The van der Waals surface area contributed by atoms with Crippen LogP contribution in [0, 0.1) is 0 Å². The summed E-state index contributed by atoms with van der Waals surface area (Å²) in [6.45, 7) is 0. The number of rotatable bonds is 3. The number of nitrogens with one attached hydrogen (secondary N) is 2. The monoisotopic (exact) mass is 291 g/mol. The maximum absolute atomic E-state index is 5.46. The number of anilines is 2. The Morgan fingerprint density at radius 2 is 1.85 bits per heavy atom. The van der Waals surface area contributed by atoms with Crippen LogP contribution in [0.25, 0.3) is 10.2 Å². The molecule has 0 unspecified atom stereocenters. The Hall–Kier alpha value is -1.40. The van der Waals surface area contributed by atoms with Crippen molar-refractivity contribution in [1.29, 1.82) is 0 Å². The van der Waals surface area contributed by atoms with Gasteiger partial charge >= 0.3 is 0 Å². The molecular formula is C14H21N5S. The first-order chi connectivity index (χ1) is 9.86. The van der Waals surface area contributed by atoms with E-state index in [4.69, 9.17) is 5.84 Å². The highest BCUT2D eigenvalue weighted by Crippen LogP contribution is 2.28. The fourth-order valence-corrected chi connectivity index (χ4v) is 3.59. The molecule has 0 aromatic carbocycles. The zero-order chi connectivity index (χ0) is 13.8. The van der Waals surface area contributed by atoms with E-state index in [1.807, 2.05) is 5.38 Å². The highest BCUT2D eigenvalue weighted by molar-refractivity contribution is 7.16. The molecule has 1 aliphatic carbocycles. The third kappa shape index (κ3) is 3.02. The Kier molecular flexibility index (Phi) is 4.32. The molecule has 5 nitrogen and oxygen atoms in total. The molecule has 0 saturated heterocycles. The molecule has 0 atom stereocenters. The number of aromatic nitrogens is 2. The van der Waals surface area contributed by atoms with E-state index in [9.17, 15) is 0 Å². The summed E-state index contributed by atoms with van der Waals surface area (Å²) in [5.41, 5.74) is 2.55. The van der Waals surface area contributed by atoms with Crippen LogP contribution in [0.5, 0.6) is 0 Å². The summed E-state index contributed by atoms with van der Waals surface area (Å²) >= 11 is 1.61. The van der Waals surface area contributed by atoms with E-state index in [1.165, 1.54) is 44.9 Å². The molecule has 6 heteroatoms. The minimum absolute atomic E-state index is 0.480. The van der Waals surface area contributed by atoms with Gasteiger partial charge in [-0.25, -0.2) is 10.8 Å². The molecule has 1 saturated carbocycles. The van der Waals surface area contributed by atoms with Crippen LogP contribution >= 0.6 is 11.3 Å². The molecule has 108 valence electrons. The van der Waals surface area contributed by atoms with Gasteiger partial charge in [-0.15, -0.1) is 11.3 Å². The lowest BCUT2D eigenvalue weighted by atomic mass is 9.97. The van der Waals surface area contributed by atoms with Gasteiger partial charge < -0.3 is 5.32 Å². The van der Waals surface area contributed by atoms with E-state index >= 15 is 0 Å². The first-order valence-electron chi connectivity index (χ1n) is 7.35. The van der Waals surface area contributed by atoms with Crippen molar-refractivity contribution in [2.24, 2.45) is 5.84 Å². The van der Waals surface area contributed by atoms with Crippen LogP contribution in [0.3, 0.4) is 0 Å². The number of thiophene rings is 1. The molecule has 0 spiro atoms. The van der Waals surface area contributed by atoms with Crippen LogP contribution in [0.2, 0.25) is 0 Å². The summed E-state index contributed by atoms with van der Waals surface area (Å²) < 4.78 is 0. The van der Waals surface area contributed by atoms with Gasteiger partial charge in [0.2, 0.25) is 5.95 Å². The smallest absolute Gasteiger partial charge is 0.240 e. The Labute approximate surface area is 123 Å². The van der Waals surface area contributed by atoms with Crippen molar-refractivity contribution in [3.8, 4) is 0 Å². The van der Waals surface area contributed by atoms with E-state index in [-0.39, 0.29) is 0 Å². The fraction of sp³-hybridized carbons (Fsp3) is 0.571. The Morgan fingerprint density at radius 3 is 2.60 bits per heavy atom. The first kappa shape index (κ1) is 13.6. The number of nitrogens with zero attached hydrogens (tertiary/aromatic N) is 2. The zero-order valence-corrected chi connectivity index (χ0v) is 12.4. The van der Waals surface area contributed by atoms with Gasteiger partial charge in [-0.05, 0) is 24.3 Å². The number of nitrogen functional groups attached to an aromatic ring is 1. The van der Waals surface area contributed by atoms with Crippen molar-refractivity contribution in [3.05, 3.63) is 11.4 Å². The predicted octanol–water partition coefficient (Wildman–Crippen LogP) is 3.50. The molecule has 2 aromatic rings. The number of hydrogen-bond donors (Lipinski definition) is 3. The second kappa shape index (κ2) is 6.37. The Balaban J connectivity index is 1.82. The van der Waals surface area contributed by atoms with E-state index < -0.39 is 0 Å². The average molecular weight is 291 g/mol. The molecule has 2 aromatic heterocycles. The molecule has 0 aliphatic heterocycles. The Bertz CT molecular complexity index is 560. The number of hydrazine groups is 1. The molecule has 3 rings (SSSR count). The van der Waals surface area contributed by atoms with Crippen molar-refractivity contribution in [2.45, 2.75) is 51.0 Å². The van der Waals surface area contributed by atoms with Crippen LogP contribution in [-0.4, -0.2) is 16.0 Å². The van der Waals surface area contributed by atoms with E-state index in [0.29, 0.717) is 12.0 Å². The summed E-state index contributed by atoms with van der Waals surface area (Å²) in [6, 6.07) is 2.59. The van der Waals surface area contributed by atoms with Gasteiger partial charge in [0.15, 0.2) is 0 Å². The molecule has 2 heterocycles. The van der Waals surface area contributed by atoms with Gasteiger partial charge in [0, 0.05) is 6.04 Å². The van der Waals surface area contributed by atoms with Crippen LogP contribution in [0.4, 0.5) is 11.8 Å². The second-order valence-corrected chi connectivity index (χ2v) is 6.26. The summed E-state index contributed by atoms with van der Waals surface area (Å²) in [6.07, 6.45) is 9.14. The average Bonchev–Trinajstić information content (AvgIpc) is 2.89. The highest BCUT2D eigenvalue weighted by Gasteiger charge is 2.15. The SMILES string of the molecule is NNc1nc(NC2CCCCCCC2)c2ccsc2n1. The largest absolute Gasteiger partial charge is 0.367 e. The van der Waals surface area contributed by atoms with E-state index in [2.05, 4.69) is 26.8 Å². The molecular weight excluding hydrogens is 270 g/mol. The standard InChI is InChI=1S/C14H21N5S/c15-19-14-17-12(11-8-9-20-13(11)18-14)16-10-6-4-2-1-3-5-7-10/h8-10H,1-7,15H2,(H2,16,17,18,19). The summed E-state index contributed by atoms with van der Waals surface area (Å²) in [5.74, 6) is 6.85. The lowest BCUT2D eigenvalue weighted by Gasteiger charge is -2.22. The fourth-order valence-electron chi connectivity index (χ4n) is 2.82. The maximum atomic E-state index is 5.46. The van der Waals surface area contributed by atoms with Gasteiger partial charge in [-0.1, -0.05) is 32.1 Å². The lowest BCUT2D eigenvalue weighted by Crippen LogP contribution is -2.22. The minimum Gasteiger partial charge on any atom is -0.367 e. The molecule has 1 fully saturated rings. The van der Waals surface area contributed by atoms with Gasteiger partial charge in [0.1, 0.15) is 10.6 Å². The highest BCUT2D eigenvalue weighted by atomic mass is 32.1. The molecule has 0 bridgehead atoms. The van der Waals surface area contributed by atoms with Gasteiger partial charge in [0.25, 0.3) is 0 Å². The molecule has 20 heavy (non-hydrogen) atoms. The van der Waals surface area contributed by atoms with Crippen molar-refractivity contribution < 1.29 is 0 Å². The van der Waals surface area contributed by atoms with E-state index in [1.54, 1.807) is 11.3 Å². The molecule has 1 aliphatic rings. The van der Waals surface area contributed by atoms with Gasteiger partial charge in [-0.2, -0.15) is 4.98 Å². The molecule has 0 amide bonds. The summed E-state index contributed by atoms with van der Waals surface area (Å²) in [4.78, 5) is 9.83. The number of nitrogens with two attached hydrogens (primary N) is 1. The van der Waals surface area contributed by atoms with Crippen molar-refractivity contribution in [1.82, 2.24) is 9.97 Å². The minimum atomic E-state index is 0.480. The number of hydrogen-bond acceptors (Lipinski definition) is 6. The van der Waals surface area contributed by atoms with Crippen LogP contribution in [0.15, 0.2) is 11.4 Å². The van der Waals surface area contributed by atoms with Crippen molar-refractivity contribution in [3.63, 3.8) is 0 Å². The van der Waals surface area contributed by atoms with Crippen LogP contribution < -0.4 is 16.6 Å². The van der Waals surface area contributed by atoms with E-state index in [0.717, 1.165) is 16.0 Å². The second-order valence-electron chi connectivity index (χ2n) is 5.37. The van der Waals surface area contributed by atoms with Crippen molar-refractivity contribution >= 4 is 33.3 Å². The molecule has 4 N–H and O–H groups in total. The first-order valence-corrected chi connectivity index (χ1v) is 8.23. The van der Waals surface area contributed by atoms with Crippen LogP contribution in [0.1, 0.15) is 44.9 Å². The third-order valence-electron chi connectivity index (χ3n) is 3.90. The van der Waals surface area contributed by atoms with Crippen molar-refractivity contribution in [2.75, 3.05) is 10.7 Å². The lowest BCUT2D eigenvalue weighted by molar-refractivity contribution is 0.471. The van der Waals surface area contributed by atoms with Gasteiger partial charge in [-0.3, -0.25) is 5.43 Å². The zero-order valence-electron chi connectivity index (χ0n) is 11.6. The number of fused-ring (bicyclic) bond motifs is 1.